The average Bonchev–Trinajstić information content (AvgIpc) is 3.02. The summed E-state index contributed by atoms with van der Waals surface area (Å²) < 4.78 is 14.2. The number of nitriles is 1. The van der Waals surface area contributed by atoms with E-state index in [1.54, 1.807) is 13.8 Å². The summed E-state index contributed by atoms with van der Waals surface area (Å²) in [4.78, 5) is 40.6. The number of unbranched alkanes of at least 4 members (excludes halogenated alkanes) is 1. The molecule has 152 valence electrons. The topological polar surface area (TPSA) is 121 Å². The lowest BCUT2D eigenvalue weighted by atomic mass is 10.2. The highest BCUT2D eigenvalue weighted by atomic mass is 16.5. The summed E-state index contributed by atoms with van der Waals surface area (Å²) in [5.41, 5.74) is -0.665. The number of fused-ring (bicyclic) bond motifs is 1. The molecule has 0 aromatic carbocycles. The predicted octanol–water partition coefficient (Wildman–Crippen LogP) is 0.884. The molecule has 10 nitrogen and oxygen atoms in total. The first-order valence-electron chi connectivity index (χ1n) is 9.16. The van der Waals surface area contributed by atoms with Gasteiger partial charge in [0.2, 0.25) is 5.82 Å². The van der Waals surface area contributed by atoms with Gasteiger partial charge in [-0.05, 0) is 33.1 Å². The molecule has 2 aromatic rings. The fourth-order valence-corrected chi connectivity index (χ4v) is 3.01. The summed E-state index contributed by atoms with van der Waals surface area (Å²) in [5.74, 6) is -0.317. The third-order valence-electron chi connectivity index (χ3n) is 4.37. The normalized spacial score (nSPS) is 12.1. The van der Waals surface area contributed by atoms with Gasteiger partial charge in [0.25, 0.3) is 5.56 Å². The van der Waals surface area contributed by atoms with Crippen LogP contribution in [0.15, 0.2) is 9.59 Å². The van der Waals surface area contributed by atoms with E-state index in [0.29, 0.717) is 25.9 Å². The summed E-state index contributed by atoms with van der Waals surface area (Å²) in [5, 5.41) is 9.31. The minimum Gasteiger partial charge on any atom is -0.463 e. The maximum Gasteiger partial charge on any atom is 0.332 e. The second-order valence-corrected chi connectivity index (χ2v) is 6.48. The molecule has 0 aliphatic heterocycles. The zero-order valence-electron chi connectivity index (χ0n) is 16.6. The Morgan fingerprint density at radius 1 is 1.29 bits per heavy atom. The number of aryl methyl sites for hydroxylation is 1. The van der Waals surface area contributed by atoms with Crippen molar-refractivity contribution >= 4 is 17.1 Å². The summed E-state index contributed by atoms with van der Waals surface area (Å²) >= 11 is 0. The SMILES string of the molecule is CCOCn1c(C#N)nc2c1c(=O)n(CCCCC(C)OC(C)=O)c(=O)n2C. The number of imidazole rings is 1. The van der Waals surface area contributed by atoms with Crippen LogP contribution in [0.1, 0.15) is 45.9 Å². The Morgan fingerprint density at radius 3 is 2.61 bits per heavy atom. The monoisotopic (exact) mass is 391 g/mol. The molecule has 1 atom stereocenters. The lowest BCUT2D eigenvalue weighted by molar-refractivity contribution is -0.145. The van der Waals surface area contributed by atoms with Crippen LogP contribution in [0.4, 0.5) is 0 Å². The molecular formula is C18H25N5O5. The maximum atomic E-state index is 12.9. The van der Waals surface area contributed by atoms with Crippen LogP contribution in [0.5, 0.6) is 0 Å². The Morgan fingerprint density at radius 2 is 2.00 bits per heavy atom. The number of carbonyl (C=O) groups excluding carboxylic acids is 1. The van der Waals surface area contributed by atoms with Crippen molar-refractivity contribution in [2.45, 2.75) is 59.4 Å². The van der Waals surface area contributed by atoms with Gasteiger partial charge in [0.05, 0.1) is 6.10 Å². The van der Waals surface area contributed by atoms with Crippen molar-refractivity contribution in [3.05, 3.63) is 26.7 Å². The summed E-state index contributed by atoms with van der Waals surface area (Å²) in [7, 11) is 1.52. The van der Waals surface area contributed by atoms with Gasteiger partial charge in [-0.25, -0.2) is 9.78 Å². The van der Waals surface area contributed by atoms with Crippen molar-refractivity contribution in [3.63, 3.8) is 0 Å². The van der Waals surface area contributed by atoms with E-state index in [9.17, 15) is 19.6 Å². The van der Waals surface area contributed by atoms with Gasteiger partial charge >= 0.3 is 11.7 Å². The third-order valence-corrected chi connectivity index (χ3v) is 4.37. The van der Waals surface area contributed by atoms with Crippen LogP contribution in [0.25, 0.3) is 11.2 Å². The highest BCUT2D eigenvalue weighted by Crippen LogP contribution is 2.11. The van der Waals surface area contributed by atoms with Gasteiger partial charge in [0.1, 0.15) is 12.8 Å². The minimum atomic E-state index is -0.500. The predicted molar refractivity (Wildman–Crippen MR) is 101 cm³/mol. The average molecular weight is 391 g/mol. The Kier molecular flexibility index (Phi) is 7.12. The molecule has 0 radical (unpaired) electrons. The highest BCUT2D eigenvalue weighted by Gasteiger charge is 2.20. The van der Waals surface area contributed by atoms with E-state index in [-0.39, 0.29) is 42.3 Å². The fourth-order valence-electron chi connectivity index (χ4n) is 3.01. The Hall–Kier alpha value is -2.93. The van der Waals surface area contributed by atoms with Crippen molar-refractivity contribution in [1.29, 1.82) is 5.26 Å². The van der Waals surface area contributed by atoms with Gasteiger partial charge in [0.15, 0.2) is 11.2 Å². The molecule has 0 amide bonds. The van der Waals surface area contributed by atoms with Crippen molar-refractivity contribution in [2.24, 2.45) is 7.05 Å². The number of hydrogen-bond acceptors (Lipinski definition) is 7. The van der Waals surface area contributed by atoms with E-state index in [1.807, 2.05) is 6.07 Å². The van der Waals surface area contributed by atoms with Gasteiger partial charge in [-0.2, -0.15) is 5.26 Å². The summed E-state index contributed by atoms with van der Waals surface area (Å²) in [6.07, 6.45) is 1.67. The molecule has 0 aliphatic rings. The van der Waals surface area contributed by atoms with Crippen LogP contribution in [0.2, 0.25) is 0 Å². The molecule has 2 heterocycles. The first-order chi connectivity index (χ1) is 13.3. The minimum absolute atomic E-state index is 0.00321. The molecule has 10 heteroatoms. The van der Waals surface area contributed by atoms with Crippen LogP contribution in [-0.2, 0) is 34.6 Å². The number of nitrogens with zero attached hydrogens (tertiary/aromatic N) is 5. The van der Waals surface area contributed by atoms with Crippen LogP contribution in [0, 0.1) is 11.3 Å². The lowest BCUT2D eigenvalue weighted by Crippen LogP contribution is -2.39. The standard InChI is InChI=1S/C18H25N5O5/c1-5-27-11-23-14(10-19)20-16-15(23)17(25)22(18(26)21(16)4)9-7-6-8-12(2)28-13(3)24/h12H,5-9,11H2,1-4H3. The number of esters is 1. The molecule has 0 aliphatic carbocycles. The van der Waals surface area contributed by atoms with Crippen molar-refractivity contribution < 1.29 is 14.3 Å². The third kappa shape index (κ3) is 4.48. The smallest absolute Gasteiger partial charge is 0.332 e. The number of rotatable bonds is 9. The van der Waals surface area contributed by atoms with E-state index in [4.69, 9.17) is 9.47 Å². The number of hydrogen-bond donors (Lipinski definition) is 0. The van der Waals surface area contributed by atoms with E-state index >= 15 is 0 Å². The van der Waals surface area contributed by atoms with Crippen molar-refractivity contribution in [2.75, 3.05) is 6.61 Å². The van der Waals surface area contributed by atoms with Gasteiger partial charge in [0, 0.05) is 27.1 Å². The van der Waals surface area contributed by atoms with Crippen LogP contribution < -0.4 is 11.2 Å². The molecule has 0 fully saturated rings. The zero-order valence-corrected chi connectivity index (χ0v) is 16.6. The zero-order chi connectivity index (χ0) is 20.8. The number of carbonyl (C=O) groups is 1. The molecule has 0 saturated carbocycles. The lowest BCUT2D eigenvalue weighted by Gasteiger charge is -2.12. The molecule has 0 saturated heterocycles. The summed E-state index contributed by atoms with van der Waals surface area (Å²) in [6, 6.07) is 1.93. The van der Waals surface area contributed by atoms with Gasteiger partial charge < -0.3 is 9.47 Å². The second-order valence-electron chi connectivity index (χ2n) is 6.48. The Balaban J connectivity index is 2.31. The quantitative estimate of drug-likeness (QED) is 0.459. The maximum absolute atomic E-state index is 12.9. The molecular weight excluding hydrogens is 366 g/mol. The van der Waals surface area contributed by atoms with Gasteiger partial charge in [-0.3, -0.25) is 23.3 Å². The van der Waals surface area contributed by atoms with Crippen LogP contribution in [-0.4, -0.2) is 37.4 Å². The highest BCUT2D eigenvalue weighted by molar-refractivity contribution is 5.71. The second kappa shape index (κ2) is 9.32. The number of ether oxygens (including phenoxy) is 2. The molecule has 28 heavy (non-hydrogen) atoms. The Bertz CT molecular complexity index is 1010. The molecule has 0 N–H and O–H groups in total. The van der Waals surface area contributed by atoms with Crippen LogP contribution in [0.3, 0.4) is 0 Å². The fraction of sp³-hybridized carbons (Fsp3) is 0.611. The molecule has 1 unspecified atom stereocenters. The van der Waals surface area contributed by atoms with Crippen molar-refractivity contribution in [1.82, 2.24) is 18.7 Å². The van der Waals surface area contributed by atoms with E-state index in [2.05, 4.69) is 4.98 Å². The molecule has 0 bridgehead atoms. The number of aromatic nitrogens is 4. The molecule has 2 rings (SSSR count). The van der Waals surface area contributed by atoms with E-state index < -0.39 is 11.2 Å². The Labute approximate surface area is 161 Å². The summed E-state index contributed by atoms with van der Waals surface area (Å²) in [6.45, 7) is 5.59. The van der Waals surface area contributed by atoms with Gasteiger partial charge in [-0.1, -0.05) is 0 Å². The van der Waals surface area contributed by atoms with Crippen LogP contribution >= 0.6 is 0 Å². The molecule has 0 spiro atoms. The first-order valence-corrected chi connectivity index (χ1v) is 9.16. The van der Waals surface area contributed by atoms with E-state index in [0.717, 1.165) is 4.57 Å². The molecule has 2 aromatic heterocycles. The van der Waals surface area contributed by atoms with Gasteiger partial charge in [-0.15, -0.1) is 0 Å². The van der Waals surface area contributed by atoms with Crippen molar-refractivity contribution in [3.8, 4) is 6.07 Å². The largest absolute Gasteiger partial charge is 0.463 e. The first kappa shape index (κ1) is 21.4. The van der Waals surface area contributed by atoms with E-state index in [1.165, 1.54) is 23.1 Å².